The number of amides is 3. The average Bonchev–Trinajstić information content (AvgIpc) is 3.25. The fraction of sp³-hybridized carbons (Fsp3) is 0.738. The predicted molar refractivity (Wildman–Crippen MR) is 213 cm³/mol. The van der Waals surface area contributed by atoms with Gasteiger partial charge in [0.15, 0.2) is 18.7 Å². The van der Waals surface area contributed by atoms with Gasteiger partial charge in [0.1, 0.15) is 42.7 Å². The van der Waals surface area contributed by atoms with Crippen LogP contribution in [0.2, 0.25) is 0 Å². The number of nitrogens with one attached hydrogen (secondary N) is 3. The molecule has 61 heavy (non-hydrogen) atoms. The van der Waals surface area contributed by atoms with Crippen molar-refractivity contribution in [2.24, 2.45) is 17.8 Å². The largest absolute Gasteiger partial charge is 0.479 e. The highest BCUT2D eigenvalue weighted by molar-refractivity contribution is 5.94. The van der Waals surface area contributed by atoms with Gasteiger partial charge in [-0.1, -0.05) is 51.4 Å². The lowest BCUT2D eigenvalue weighted by Gasteiger charge is -2.49. The molecule has 2 saturated carbocycles. The first-order valence-corrected chi connectivity index (χ1v) is 21.2. The molecule has 1 aromatic rings. The Labute approximate surface area is 355 Å². The van der Waals surface area contributed by atoms with Crippen molar-refractivity contribution in [1.29, 1.82) is 0 Å². The van der Waals surface area contributed by atoms with E-state index in [4.69, 9.17) is 30.1 Å². The van der Waals surface area contributed by atoms with Crippen LogP contribution in [-0.4, -0.2) is 159 Å². The molecule has 4 aliphatic rings. The number of aliphatic hydroxyl groups is 5. The highest BCUT2D eigenvalue weighted by Gasteiger charge is 2.53. The maximum absolute atomic E-state index is 13.8. The van der Waals surface area contributed by atoms with E-state index in [-0.39, 0.29) is 49.7 Å². The molecular weight excluding hydrogens is 800 g/mol. The Hall–Kier alpha value is -3.81. The van der Waals surface area contributed by atoms with Crippen LogP contribution in [0.5, 0.6) is 0 Å². The van der Waals surface area contributed by atoms with E-state index in [1.54, 1.807) is 0 Å². The lowest BCUT2D eigenvalue weighted by molar-refractivity contribution is -0.338. The van der Waals surface area contributed by atoms with E-state index < -0.39 is 116 Å². The van der Waals surface area contributed by atoms with E-state index in [1.165, 1.54) is 32.3 Å². The molecule has 0 bridgehead atoms. The van der Waals surface area contributed by atoms with Crippen LogP contribution < -0.4 is 16.0 Å². The fourth-order valence-electron chi connectivity index (χ4n) is 8.83. The Bertz CT molecular complexity index is 1670. The number of carbonyl (C=O) groups excluding carboxylic acids is 3. The van der Waals surface area contributed by atoms with Crippen molar-refractivity contribution >= 4 is 23.7 Å². The summed E-state index contributed by atoms with van der Waals surface area (Å²) < 4.78 is 31.1. The molecule has 0 aromatic carbocycles. The van der Waals surface area contributed by atoms with Crippen LogP contribution in [0.1, 0.15) is 94.5 Å². The maximum atomic E-state index is 13.8. The lowest BCUT2D eigenvalue weighted by Crippen LogP contribution is -2.67. The van der Waals surface area contributed by atoms with Gasteiger partial charge in [-0.15, -0.1) is 6.42 Å². The third-order valence-electron chi connectivity index (χ3n) is 12.2. The number of carbonyl (C=O) groups is 4. The molecule has 1 aromatic heterocycles. The van der Waals surface area contributed by atoms with Gasteiger partial charge in [-0.25, -0.2) is 4.79 Å². The maximum Gasteiger partial charge on any atom is 0.332 e. The number of rotatable bonds is 17. The van der Waals surface area contributed by atoms with Gasteiger partial charge >= 0.3 is 5.97 Å². The van der Waals surface area contributed by atoms with Crippen molar-refractivity contribution in [3.63, 3.8) is 0 Å². The smallest absolute Gasteiger partial charge is 0.332 e. The van der Waals surface area contributed by atoms with Crippen molar-refractivity contribution < 1.29 is 73.5 Å². The number of aliphatic carboxylic acids is 1. The van der Waals surface area contributed by atoms with Crippen LogP contribution in [-0.2, 0) is 38.1 Å². The third-order valence-corrected chi connectivity index (χ3v) is 12.2. The van der Waals surface area contributed by atoms with Crippen molar-refractivity contribution in [1.82, 2.24) is 20.9 Å². The summed E-state index contributed by atoms with van der Waals surface area (Å²) in [6.07, 6.45) is -2.73. The number of hydrogen-bond acceptors (Lipinski definition) is 15. The standard InChI is InChI=1S/C42H62N4O15/c1-5-23-14-27(19-43-18-23)39(54)45-13-12-44-38(53)26-16-25(6-2)36(61-42-35(52)34(51)32(49)21(3)57-42)28(17-26)59-41-31(46-22(4)48)37(33(50)30(20-47)60-41)58-29(40(55)56)15-24-10-8-7-9-11-24/h1,14,18-19,21,24-26,28-37,41-42,47,49-52H,6-13,15-17,20H2,2-4H3,(H,44,53)(H,45,54)(H,46,48)(H,55,56)/t21?,25-,26?,28?,29+,30+,31?,32?,33?,34?,35?,36?,37?,41-,42?/m1/s1. The fourth-order valence-corrected chi connectivity index (χ4v) is 8.83. The van der Waals surface area contributed by atoms with Gasteiger partial charge in [0.05, 0.1) is 30.5 Å². The molecule has 3 heterocycles. The molecule has 4 fully saturated rings. The molecule has 15 atom stereocenters. The molecular formula is C42H62N4O15. The first-order valence-electron chi connectivity index (χ1n) is 21.2. The number of aromatic nitrogens is 1. The van der Waals surface area contributed by atoms with Gasteiger partial charge in [0.25, 0.3) is 5.91 Å². The number of hydrogen-bond donors (Lipinski definition) is 9. The first kappa shape index (κ1) is 48.2. The summed E-state index contributed by atoms with van der Waals surface area (Å²) in [6.45, 7) is 3.97. The Morgan fingerprint density at radius 2 is 1.66 bits per heavy atom. The summed E-state index contributed by atoms with van der Waals surface area (Å²) in [5.41, 5.74) is 0.686. The van der Waals surface area contributed by atoms with Crippen LogP contribution in [0.15, 0.2) is 18.5 Å². The molecule has 2 aliphatic heterocycles. The van der Waals surface area contributed by atoms with E-state index in [9.17, 15) is 49.8 Å². The first-order chi connectivity index (χ1) is 29.1. The second-order valence-electron chi connectivity index (χ2n) is 16.6. The molecule has 2 saturated heterocycles. The monoisotopic (exact) mass is 862 g/mol. The zero-order valence-corrected chi connectivity index (χ0v) is 34.8. The number of terminal acetylenes is 1. The third kappa shape index (κ3) is 12.4. The van der Waals surface area contributed by atoms with Gasteiger partial charge in [0.2, 0.25) is 11.8 Å². The van der Waals surface area contributed by atoms with Crippen molar-refractivity contribution in [2.45, 2.75) is 158 Å². The van der Waals surface area contributed by atoms with E-state index in [1.807, 2.05) is 6.92 Å². The molecule has 2 aliphatic carbocycles. The minimum Gasteiger partial charge on any atom is -0.479 e. The summed E-state index contributed by atoms with van der Waals surface area (Å²) in [5, 5.41) is 72.2. The summed E-state index contributed by atoms with van der Waals surface area (Å²) >= 11 is 0. The molecule has 0 spiro atoms. The van der Waals surface area contributed by atoms with Gasteiger partial charge in [-0.3, -0.25) is 19.4 Å². The van der Waals surface area contributed by atoms with Crippen LogP contribution in [0.3, 0.4) is 0 Å². The molecule has 0 radical (unpaired) electrons. The summed E-state index contributed by atoms with van der Waals surface area (Å²) in [6, 6.07) is 0.187. The Morgan fingerprint density at radius 3 is 2.31 bits per heavy atom. The molecule has 19 nitrogen and oxygen atoms in total. The second kappa shape index (κ2) is 22.5. The molecule has 3 amide bonds. The van der Waals surface area contributed by atoms with Gasteiger partial charge < -0.3 is 70.3 Å². The minimum atomic E-state index is -1.67. The SMILES string of the molecule is C#Cc1cncc(C(=O)NCCNC(=O)C2CC(O[C@@H]3O[C@@H](CO)C(O)C(O[C@@H](CC4CCCCC4)C(=O)O)C3NC(C)=O)C(OC3OC(C)C(O)C(O)C3O)[C@H](CC)C2)c1. The highest BCUT2D eigenvalue weighted by atomic mass is 16.7. The molecule has 19 heteroatoms. The second-order valence-corrected chi connectivity index (χ2v) is 16.6. The molecule has 9 N–H and O–H groups in total. The van der Waals surface area contributed by atoms with Crippen molar-refractivity contribution in [3.05, 3.63) is 29.6 Å². The molecule has 11 unspecified atom stereocenters. The highest BCUT2D eigenvalue weighted by Crippen LogP contribution is 2.40. The Morgan fingerprint density at radius 1 is 0.934 bits per heavy atom. The van der Waals surface area contributed by atoms with Crippen LogP contribution >= 0.6 is 0 Å². The summed E-state index contributed by atoms with van der Waals surface area (Å²) in [7, 11) is 0. The Kier molecular flexibility index (Phi) is 17.8. The van der Waals surface area contributed by atoms with Crippen LogP contribution in [0.4, 0.5) is 0 Å². The number of ether oxygens (including phenoxy) is 5. The number of aliphatic hydroxyl groups excluding tert-OH is 5. The normalized spacial score (nSPS) is 35.0. The lowest BCUT2D eigenvalue weighted by atomic mass is 9.75. The van der Waals surface area contributed by atoms with Crippen LogP contribution in [0.25, 0.3) is 0 Å². The number of pyridine rings is 1. The zero-order chi connectivity index (χ0) is 44.4. The Balaban J connectivity index is 1.39. The van der Waals surface area contributed by atoms with Gasteiger partial charge in [0, 0.05) is 43.9 Å². The predicted octanol–water partition coefficient (Wildman–Crippen LogP) is -0.665. The number of nitrogens with zero attached hydrogens (tertiary/aromatic N) is 1. The van der Waals surface area contributed by atoms with Crippen LogP contribution in [0, 0.1) is 30.1 Å². The number of carboxylic acids is 1. The summed E-state index contributed by atoms with van der Waals surface area (Å²) in [4.78, 5) is 55.8. The number of carboxylic acid groups (broad SMARTS) is 1. The minimum absolute atomic E-state index is 0.0303. The van der Waals surface area contributed by atoms with Crippen molar-refractivity contribution in [3.8, 4) is 12.3 Å². The summed E-state index contributed by atoms with van der Waals surface area (Å²) in [5.74, 6) is -1.34. The van der Waals surface area contributed by atoms with E-state index >= 15 is 0 Å². The molecule has 5 rings (SSSR count). The van der Waals surface area contributed by atoms with E-state index in [0.717, 1.165) is 32.1 Å². The van der Waals surface area contributed by atoms with Gasteiger partial charge in [-0.2, -0.15) is 0 Å². The molecule has 340 valence electrons. The van der Waals surface area contributed by atoms with Gasteiger partial charge in [-0.05, 0) is 44.1 Å². The quantitative estimate of drug-likeness (QED) is 0.0694. The van der Waals surface area contributed by atoms with E-state index in [2.05, 4.69) is 26.9 Å². The van der Waals surface area contributed by atoms with E-state index in [0.29, 0.717) is 12.0 Å². The topological polar surface area (TPSA) is 285 Å². The zero-order valence-electron chi connectivity index (χ0n) is 34.8. The average molecular weight is 863 g/mol. The van der Waals surface area contributed by atoms with Crippen molar-refractivity contribution in [2.75, 3.05) is 19.7 Å².